The zero-order valence-corrected chi connectivity index (χ0v) is 10.6. The van der Waals surface area contributed by atoms with E-state index in [0.29, 0.717) is 0 Å². The first-order valence-corrected chi connectivity index (χ1v) is 6.49. The van der Waals surface area contributed by atoms with Crippen molar-refractivity contribution < 1.29 is 0 Å². The molecule has 0 saturated carbocycles. The summed E-state index contributed by atoms with van der Waals surface area (Å²) in [5.74, 6) is 0. The van der Waals surface area contributed by atoms with Gasteiger partial charge in [-0.05, 0) is 29.7 Å². The highest BCUT2D eigenvalue weighted by atomic mass is 14.9. The van der Waals surface area contributed by atoms with Gasteiger partial charge >= 0.3 is 0 Å². The highest BCUT2D eigenvalue weighted by molar-refractivity contribution is 5.83. The second-order valence-electron chi connectivity index (χ2n) is 4.63. The van der Waals surface area contributed by atoms with Crippen molar-refractivity contribution in [1.82, 2.24) is 4.57 Å². The van der Waals surface area contributed by atoms with Crippen molar-refractivity contribution in [2.75, 3.05) is 0 Å². The van der Waals surface area contributed by atoms with Crippen LogP contribution >= 0.6 is 0 Å². The maximum atomic E-state index is 2.32. The van der Waals surface area contributed by atoms with Gasteiger partial charge in [-0.1, -0.05) is 49.4 Å². The Bertz CT molecular complexity index is 650. The number of rotatable bonds is 3. The third kappa shape index (κ3) is 1.92. The van der Waals surface area contributed by atoms with E-state index in [1.54, 1.807) is 0 Å². The summed E-state index contributed by atoms with van der Waals surface area (Å²) in [5.41, 5.74) is 4.11. The Morgan fingerprint density at radius 2 is 1.72 bits per heavy atom. The number of aryl methyl sites for hydroxylation is 1. The Kier molecular flexibility index (Phi) is 2.89. The van der Waals surface area contributed by atoms with Crippen LogP contribution in [0.5, 0.6) is 0 Å². The highest BCUT2D eigenvalue weighted by Gasteiger charge is 2.04. The van der Waals surface area contributed by atoms with Crippen LogP contribution in [0.1, 0.15) is 18.1 Å². The van der Waals surface area contributed by atoms with E-state index in [-0.39, 0.29) is 0 Å². The van der Waals surface area contributed by atoms with E-state index in [9.17, 15) is 0 Å². The molecule has 2 aromatic carbocycles. The van der Waals surface area contributed by atoms with Gasteiger partial charge in [-0.2, -0.15) is 0 Å². The van der Waals surface area contributed by atoms with E-state index in [1.807, 2.05) is 0 Å². The van der Waals surface area contributed by atoms with Crippen LogP contribution in [0.4, 0.5) is 0 Å². The summed E-state index contributed by atoms with van der Waals surface area (Å²) < 4.78 is 2.32. The maximum Gasteiger partial charge on any atom is 0.0486 e. The second kappa shape index (κ2) is 4.69. The van der Waals surface area contributed by atoms with Gasteiger partial charge in [0.1, 0.15) is 0 Å². The average Bonchev–Trinajstić information content (AvgIpc) is 2.83. The van der Waals surface area contributed by atoms with Gasteiger partial charge in [0.25, 0.3) is 0 Å². The molecule has 1 aromatic heterocycles. The molecule has 0 saturated heterocycles. The molecule has 0 aliphatic carbocycles. The van der Waals surface area contributed by atoms with E-state index in [4.69, 9.17) is 0 Å². The first kappa shape index (κ1) is 11.1. The van der Waals surface area contributed by atoms with Crippen LogP contribution in [-0.4, -0.2) is 4.57 Å². The number of hydrogen-bond acceptors (Lipinski definition) is 0. The first-order chi connectivity index (χ1) is 8.88. The molecule has 3 aromatic rings. The maximum absolute atomic E-state index is 2.32. The molecule has 0 radical (unpaired) electrons. The summed E-state index contributed by atoms with van der Waals surface area (Å²) in [7, 11) is 0. The van der Waals surface area contributed by atoms with Crippen molar-refractivity contribution in [2.45, 2.75) is 19.9 Å². The summed E-state index contributed by atoms with van der Waals surface area (Å²) in [6.45, 7) is 3.15. The average molecular weight is 235 g/mol. The molecule has 0 spiro atoms. The molecule has 0 aliphatic rings. The third-order valence-electron chi connectivity index (χ3n) is 3.48. The highest BCUT2D eigenvalue weighted by Crippen LogP contribution is 2.21. The fourth-order valence-electron chi connectivity index (χ4n) is 2.51. The molecule has 0 fully saturated rings. The van der Waals surface area contributed by atoms with Gasteiger partial charge in [0, 0.05) is 23.6 Å². The lowest BCUT2D eigenvalue weighted by molar-refractivity contribution is 0.837. The van der Waals surface area contributed by atoms with Gasteiger partial charge in [-0.15, -0.1) is 0 Å². The van der Waals surface area contributed by atoms with Crippen LogP contribution in [0, 0.1) is 0 Å². The summed E-state index contributed by atoms with van der Waals surface area (Å²) >= 11 is 0. The predicted molar refractivity (Wildman–Crippen MR) is 76.9 cm³/mol. The fourth-order valence-corrected chi connectivity index (χ4v) is 2.51. The van der Waals surface area contributed by atoms with Gasteiger partial charge in [0.2, 0.25) is 0 Å². The Balaban J connectivity index is 2.03. The van der Waals surface area contributed by atoms with Crippen LogP contribution in [0.25, 0.3) is 10.9 Å². The summed E-state index contributed by atoms with van der Waals surface area (Å²) in [6.07, 6.45) is 3.28. The quantitative estimate of drug-likeness (QED) is 0.639. The summed E-state index contributed by atoms with van der Waals surface area (Å²) in [5, 5.41) is 1.39. The van der Waals surface area contributed by atoms with Crippen molar-refractivity contribution in [3.05, 3.63) is 71.9 Å². The van der Waals surface area contributed by atoms with E-state index in [2.05, 4.69) is 72.3 Å². The molecule has 18 heavy (non-hydrogen) atoms. The summed E-state index contributed by atoms with van der Waals surface area (Å²) in [6, 6.07) is 19.4. The van der Waals surface area contributed by atoms with Crippen LogP contribution in [-0.2, 0) is 13.0 Å². The molecule has 3 rings (SSSR count). The lowest BCUT2D eigenvalue weighted by atomic mass is 10.1. The Labute approximate surface area is 108 Å². The topological polar surface area (TPSA) is 4.93 Å². The van der Waals surface area contributed by atoms with Gasteiger partial charge in [0.15, 0.2) is 0 Å². The molecular weight excluding hydrogens is 218 g/mol. The number of fused-ring (bicyclic) bond motifs is 1. The van der Waals surface area contributed by atoms with Crippen LogP contribution < -0.4 is 0 Å². The van der Waals surface area contributed by atoms with E-state index in [1.165, 1.54) is 22.0 Å². The van der Waals surface area contributed by atoms with Crippen molar-refractivity contribution >= 4 is 10.9 Å². The molecule has 0 amide bonds. The first-order valence-electron chi connectivity index (χ1n) is 6.49. The zero-order valence-electron chi connectivity index (χ0n) is 10.6. The lowest BCUT2D eigenvalue weighted by Crippen LogP contribution is -1.97. The predicted octanol–water partition coefficient (Wildman–Crippen LogP) is 4.25. The van der Waals surface area contributed by atoms with Crippen LogP contribution in [0.2, 0.25) is 0 Å². The second-order valence-corrected chi connectivity index (χ2v) is 4.63. The molecule has 0 N–H and O–H groups in total. The van der Waals surface area contributed by atoms with Crippen LogP contribution in [0.15, 0.2) is 60.8 Å². The van der Waals surface area contributed by atoms with Gasteiger partial charge < -0.3 is 4.57 Å². The SMILES string of the molecule is CCc1cccc2c1ccn2Cc1ccccc1. The number of hydrogen-bond donors (Lipinski definition) is 0. The summed E-state index contributed by atoms with van der Waals surface area (Å²) in [4.78, 5) is 0. The zero-order chi connectivity index (χ0) is 12.4. The van der Waals surface area contributed by atoms with Crippen molar-refractivity contribution in [3.63, 3.8) is 0 Å². The fraction of sp³-hybridized carbons (Fsp3) is 0.176. The van der Waals surface area contributed by atoms with Gasteiger partial charge in [0.05, 0.1) is 0 Å². The van der Waals surface area contributed by atoms with E-state index in [0.717, 1.165) is 13.0 Å². The Morgan fingerprint density at radius 1 is 0.889 bits per heavy atom. The molecule has 1 nitrogen and oxygen atoms in total. The number of nitrogens with zero attached hydrogens (tertiary/aromatic N) is 1. The molecule has 0 atom stereocenters. The number of benzene rings is 2. The van der Waals surface area contributed by atoms with E-state index >= 15 is 0 Å². The molecule has 1 heteroatoms. The minimum Gasteiger partial charge on any atom is -0.343 e. The van der Waals surface area contributed by atoms with E-state index < -0.39 is 0 Å². The minimum atomic E-state index is 0.942. The normalized spacial score (nSPS) is 10.9. The monoisotopic (exact) mass is 235 g/mol. The minimum absolute atomic E-state index is 0.942. The largest absolute Gasteiger partial charge is 0.343 e. The van der Waals surface area contributed by atoms with Crippen molar-refractivity contribution in [2.24, 2.45) is 0 Å². The van der Waals surface area contributed by atoms with Crippen LogP contribution in [0.3, 0.4) is 0 Å². The molecule has 1 heterocycles. The smallest absolute Gasteiger partial charge is 0.0486 e. The van der Waals surface area contributed by atoms with Gasteiger partial charge in [-0.3, -0.25) is 0 Å². The lowest BCUT2D eigenvalue weighted by Gasteiger charge is -2.06. The molecular formula is C17H17N. The van der Waals surface area contributed by atoms with Crippen molar-refractivity contribution in [3.8, 4) is 0 Å². The third-order valence-corrected chi connectivity index (χ3v) is 3.48. The Hall–Kier alpha value is -2.02. The molecule has 0 unspecified atom stereocenters. The standard InChI is InChI=1S/C17H17N/c1-2-15-9-6-10-17-16(15)11-12-18(17)13-14-7-4-3-5-8-14/h3-12H,2,13H2,1H3. The molecule has 0 bridgehead atoms. The Morgan fingerprint density at radius 3 is 2.50 bits per heavy atom. The van der Waals surface area contributed by atoms with Crippen molar-refractivity contribution in [1.29, 1.82) is 0 Å². The van der Waals surface area contributed by atoms with Gasteiger partial charge in [-0.25, -0.2) is 0 Å². The molecule has 90 valence electrons. The number of aromatic nitrogens is 1. The molecule has 0 aliphatic heterocycles.